The summed E-state index contributed by atoms with van der Waals surface area (Å²) < 4.78 is 0. The highest BCUT2D eigenvalue weighted by atomic mass is 16.2. The topological polar surface area (TPSA) is 42.6 Å². The van der Waals surface area contributed by atoms with Crippen molar-refractivity contribution in [1.82, 2.24) is 19.7 Å². The predicted molar refractivity (Wildman–Crippen MR) is 83.4 cm³/mol. The molecule has 0 radical (unpaired) electrons. The van der Waals surface area contributed by atoms with E-state index >= 15 is 0 Å². The van der Waals surface area contributed by atoms with Crippen LogP contribution in [0.4, 0.5) is 0 Å². The summed E-state index contributed by atoms with van der Waals surface area (Å²) in [6, 6.07) is 1.87. The maximum atomic E-state index is 12.4. The highest BCUT2D eigenvalue weighted by Gasteiger charge is 2.26. The van der Waals surface area contributed by atoms with E-state index in [-0.39, 0.29) is 5.91 Å². The van der Waals surface area contributed by atoms with Gasteiger partial charge in [-0.3, -0.25) is 4.79 Å². The van der Waals surface area contributed by atoms with E-state index < -0.39 is 0 Å². The molecule has 21 heavy (non-hydrogen) atoms. The molecule has 1 amide bonds. The van der Waals surface area contributed by atoms with E-state index in [9.17, 15) is 4.79 Å². The predicted octanol–water partition coefficient (Wildman–Crippen LogP) is 1.11. The second kappa shape index (κ2) is 6.62. The monoisotopic (exact) mass is 290 g/mol. The zero-order chi connectivity index (χ0) is 14.7. The lowest BCUT2D eigenvalue weighted by molar-refractivity contribution is 0.0609. The minimum absolute atomic E-state index is 0.180. The first kappa shape index (κ1) is 14.6. The number of piperazine rings is 1. The molecule has 2 saturated heterocycles. The number of nitrogens with one attached hydrogen (secondary N) is 1. The highest BCUT2D eigenvalue weighted by molar-refractivity contribution is 5.94. The molecule has 1 unspecified atom stereocenters. The molecule has 3 rings (SSSR count). The fourth-order valence-corrected chi connectivity index (χ4v) is 3.43. The van der Waals surface area contributed by atoms with Gasteiger partial charge in [-0.2, -0.15) is 0 Å². The first-order valence-electron chi connectivity index (χ1n) is 8.05. The smallest absolute Gasteiger partial charge is 0.255 e. The van der Waals surface area contributed by atoms with Crippen molar-refractivity contribution >= 4 is 5.91 Å². The van der Waals surface area contributed by atoms with E-state index in [0.717, 1.165) is 31.6 Å². The zero-order valence-electron chi connectivity index (χ0n) is 12.9. The van der Waals surface area contributed by atoms with Gasteiger partial charge in [0.2, 0.25) is 0 Å². The molecule has 2 aliphatic rings. The van der Waals surface area contributed by atoms with E-state index in [1.54, 1.807) is 6.20 Å². The lowest BCUT2D eigenvalue weighted by atomic mass is 9.96. The van der Waals surface area contributed by atoms with Gasteiger partial charge in [-0.25, -0.2) is 0 Å². The molecule has 0 saturated carbocycles. The van der Waals surface area contributed by atoms with Crippen LogP contribution in [0, 0.1) is 5.92 Å². The molecule has 116 valence electrons. The second-order valence-corrected chi connectivity index (χ2v) is 6.46. The van der Waals surface area contributed by atoms with Gasteiger partial charge in [0.25, 0.3) is 5.91 Å². The van der Waals surface area contributed by atoms with Gasteiger partial charge in [-0.05, 0) is 31.9 Å². The molecule has 2 aliphatic heterocycles. The summed E-state index contributed by atoms with van der Waals surface area (Å²) in [5.41, 5.74) is 0.787. The lowest BCUT2D eigenvalue weighted by Crippen LogP contribution is -2.49. The molecule has 0 aliphatic carbocycles. The number of likely N-dealkylation sites (N-methyl/N-ethyl adjacent to an activating group) is 1. The number of hydrogen-bond acceptors (Lipinski definition) is 3. The van der Waals surface area contributed by atoms with Gasteiger partial charge in [0.1, 0.15) is 0 Å². The van der Waals surface area contributed by atoms with Gasteiger partial charge in [-0.15, -0.1) is 0 Å². The number of likely N-dealkylation sites (tertiary alicyclic amines) is 1. The average Bonchev–Trinajstić information content (AvgIpc) is 3.03. The van der Waals surface area contributed by atoms with Crippen molar-refractivity contribution in [3.05, 3.63) is 24.0 Å². The fourth-order valence-electron chi connectivity index (χ4n) is 3.43. The number of aromatic amines is 1. The SMILES string of the molecule is CN1CCN(CC2CCCN(C(=O)c3cc[nH]c3)C2)CC1. The number of nitrogens with zero attached hydrogens (tertiary/aromatic N) is 3. The molecule has 0 aromatic carbocycles. The molecule has 1 N–H and O–H groups in total. The van der Waals surface area contributed by atoms with Crippen LogP contribution in [-0.2, 0) is 0 Å². The quantitative estimate of drug-likeness (QED) is 0.907. The van der Waals surface area contributed by atoms with Gasteiger partial charge in [-0.1, -0.05) is 0 Å². The molecule has 5 nitrogen and oxygen atoms in total. The van der Waals surface area contributed by atoms with Crippen LogP contribution < -0.4 is 0 Å². The molecule has 5 heteroatoms. The van der Waals surface area contributed by atoms with Crippen molar-refractivity contribution in [2.24, 2.45) is 5.92 Å². The van der Waals surface area contributed by atoms with Gasteiger partial charge in [0.15, 0.2) is 0 Å². The van der Waals surface area contributed by atoms with Crippen molar-refractivity contribution in [2.45, 2.75) is 12.8 Å². The molecule has 1 aromatic heterocycles. The van der Waals surface area contributed by atoms with Crippen LogP contribution in [-0.4, -0.2) is 78.5 Å². The third-order valence-electron chi connectivity index (χ3n) is 4.76. The van der Waals surface area contributed by atoms with E-state index in [1.807, 2.05) is 17.2 Å². The van der Waals surface area contributed by atoms with Crippen LogP contribution in [0.25, 0.3) is 0 Å². The van der Waals surface area contributed by atoms with Crippen molar-refractivity contribution in [2.75, 3.05) is 52.9 Å². The maximum absolute atomic E-state index is 12.4. The van der Waals surface area contributed by atoms with E-state index in [0.29, 0.717) is 5.92 Å². The van der Waals surface area contributed by atoms with Crippen LogP contribution in [0.5, 0.6) is 0 Å². The summed E-state index contributed by atoms with van der Waals surface area (Å²) in [5.74, 6) is 0.810. The Hall–Kier alpha value is -1.33. The van der Waals surface area contributed by atoms with Crippen molar-refractivity contribution in [1.29, 1.82) is 0 Å². The minimum atomic E-state index is 0.180. The number of piperidine rings is 1. The largest absolute Gasteiger partial charge is 0.367 e. The van der Waals surface area contributed by atoms with E-state index in [1.165, 1.54) is 32.6 Å². The van der Waals surface area contributed by atoms with Crippen molar-refractivity contribution in [3.8, 4) is 0 Å². The summed E-state index contributed by atoms with van der Waals surface area (Å²) in [7, 11) is 2.19. The van der Waals surface area contributed by atoms with Crippen LogP contribution in [0.3, 0.4) is 0 Å². The molecular formula is C16H26N4O. The number of hydrogen-bond donors (Lipinski definition) is 1. The van der Waals surface area contributed by atoms with Crippen LogP contribution in [0.15, 0.2) is 18.5 Å². The van der Waals surface area contributed by atoms with E-state index in [2.05, 4.69) is 21.8 Å². The van der Waals surface area contributed by atoms with E-state index in [4.69, 9.17) is 0 Å². The molecule has 3 heterocycles. The molecular weight excluding hydrogens is 264 g/mol. The Balaban J connectivity index is 1.52. The first-order valence-corrected chi connectivity index (χ1v) is 8.05. The Morgan fingerprint density at radius 1 is 1.29 bits per heavy atom. The average molecular weight is 290 g/mol. The zero-order valence-corrected chi connectivity index (χ0v) is 12.9. The minimum Gasteiger partial charge on any atom is -0.367 e. The Morgan fingerprint density at radius 3 is 2.81 bits per heavy atom. The normalized spacial score (nSPS) is 25.2. The standard InChI is InChI=1S/C16H26N4O/c1-18-7-9-19(10-8-18)12-14-3-2-6-20(13-14)16(21)15-4-5-17-11-15/h4-5,11,14,17H,2-3,6-10,12-13H2,1H3. The summed E-state index contributed by atoms with van der Waals surface area (Å²) in [5, 5.41) is 0. The molecule has 0 bridgehead atoms. The Bertz CT molecular complexity index is 451. The summed E-state index contributed by atoms with van der Waals surface area (Å²) >= 11 is 0. The van der Waals surface area contributed by atoms with Crippen LogP contribution in [0.2, 0.25) is 0 Å². The third kappa shape index (κ3) is 3.66. The molecule has 1 aromatic rings. The highest BCUT2D eigenvalue weighted by Crippen LogP contribution is 2.20. The molecule has 2 fully saturated rings. The number of aromatic nitrogens is 1. The second-order valence-electron chi connectivity index (χ2n) is 6.46. The number of carbonyl (C=O) groups excluding carboxylic acids is 1. The lowest BCUT2D eigenvalue weighted by Gasteiger charge is -2.38. The third-order valence-corrected chi connectivity index (χ3v) is 4.76. The Morgan fingerprint density at radius 2 is 2.10 bits per heavy atom. The van der Waals surface area contributed by atoms with Gasteiger partial charge >= 0.3 is 0 Å². The Labute approximate surface area is 126 Å². The number of amides is 1. The van der Waals surface area contributed by atoms with Crippen molar-refractivity contribution < 1.29 is 4.79 Å². The summed E-state index contributed by atoms with van der Waals surface area (Å²) in [6.07, 6.45) is 6.00. The van der Waals surface area contributed by atoms with Gasteiger partial charge < -0.3 is 19.7 Å². The maximum Gasteiger partial charge on any atom is 0.255 e. The van der Waals surface area contributed by atoms with Gasteiger partial charge in [0, 0.05) is 58.2 Å². The summed E-state index contributed by atoms with van der Waals surface area (Å²) in [6.45, 7) is 7.62. The molecule has 1 atom stereocenters. The van der Waals surface area contributed by atoms with Crippen molar-refractivity contribution in [3.63, 3.8) is 0 Å². The van der Waals surface area contributed by atoms with Crippen LogP contribution in [0.1, 0.15) is 23.2 Å². The van der Waals surface area contributed by atoms with Crippen LogP contribution >= 0.6 is 0 Å². The number of rotatable bonds is 3. The summed E-state index contributed by atoms with van der Waals surface area (Å²) in [4.78, 5) is 22.4. The number of carbonyl (C=O) groups is 1. The Kier molecular flexibility index (Phi) is 4.60. The van der Waals surface area contributed by atoms with Gasteiger partial charge in [0.05, 0.1) is 5.56 Å². The molecule has 0 spiro atoms. The fraction of sp³-hybridized carbons (Fsp3) is 0.688. The first-order chi connectivity index (χ1) is 10.2. The number of H-pyrrole nitrogens is 1.